The molecule has 0 bridgehead atoms. The van der Waals surface area contributed by atoms with E-state index in [9.17, 15) is 14.9 Å². The van der Waals surface area contributed by atoms with Crippen molar-refractivity contribution in [1.29, 1.82) is 5.26 Å². The molecule has 0 amide bonds. The molecule has 2 aromatic rings. The normalized spacial score (nSPS) is 12.3. The number of rotatable bonds is 5. The maximum Gasteiger partial charge on any atom is 0.332 e. The van der Waals surface area contributed by atoms with Gasteiger partial charge in [-0.2, -0.15) is 5.26 Å². The second-order valence-electron chi connectivity index (χ2n) is 7.67. The number of hydrogen-bond donors (Lipinski definition) is 1. The largest absolute Gasteiger partial charge is 0.491 e. The molecule has 0 saturated heterocycles. The first-order valence-electron chi connectivity index (χ1n) is 8.76. The highest BCUT2D eigenvalue weighted by atomic mass is 16.5. The molecular formula is C20H26N4O3. The van der Waals surface area contributed by atoms with Gasteiger partial charge in [0.1, 0.15) is 24.2 Å². The summed E-state index contributed by atoms with van der Waals surface area (Å²) in [6, 6.07) is 9.56. The summed E-state index contributed by atoms with van der Waals surface area (Å²) in [5, 5.41) is 12.3. The van der Waals surface area contributed by atoms with Gasteiger partial charge in [-0.3, -0.25) is 13.9 Å². The van der Waals surface area contributed by atoms with Gasteiger partial charge >= 0.3 is 5.69 Å². The van der Waals surface area contributed by atoms with E-state index in [1.54, 1.807) is 0 Å². The Morgan fingerprint density at radius 1 is 1.15 bits per heavy atom. The molecule has 1 unspecified atom stereocenters. The van der Waals surface area contributed by atoms with Crippen LogP contribution < -0.4 is 21.3 Å². The Hall–Kier alpha value is -3.01. The van der Waals surface area contributed by atoms with E-state index >= 15 is 0 Å². The van der Waals surface area contributed by atoms with Gasteiger partial charge in [0.25, 0.3) is 5.56 Å². The number of nitriles is 1. The highest BCUT2D eigenvalue weighted by Crippen LogP contribution is 2.24. The fourth-order valence-electron chi connectivity index (χ4n) is 2.66. The first-order chi connectivity index (χ1) is 12.6. The van der Waals surface area contributed by atoms with E-state index < -0.39 is 11.2 Å². The van der Waals surface area contributed by atoms with Crippen LogP contribution in [0.25, 0.3) is 0 Å². The van der Waals surface area contributed by atoms with Gasteiger partial charge < -0.3 is 10.1 Å². The highest BCUT2D eigenvalue weighted by Gasteiger charge is 2.17. The topological polar surface area (TPSA) is 89.1 Å². The molecule has 0 fully saturated rings. The van der Waals surface area contributed by atoms with Crippen molar-refractivity contribution in [3.8, 4) is 11.8 Å². The molecule has 1 N–H and O–H groups in total. The lowest BCUT2D eigenvalue weighted by molar-refractivity contribution is 0.303. The van der Waals surface area contributed by atoms with Gasteiger partial charge in [-0.25, -0.2) is 4.79 Å². The number of nitrogens with one attached hydrogen (secondary N) is 1. The van der Waals surface area contributed by atoms with Crippen LogP contribution in [-0.4, -0.2) is 21.8 Å². The van der Waals surface area contributed by atoms with Crippen LogP contribution in [0.1, 0.15) is 38.8 Å². The van der Waals surface area contributed by atoms with E-state index in [0.29, 0.717) is 6.61 Å². The molecule has 0 spiro atoms. The van der Waals surface area contributed by atoms with Gasteiger partial charge in [-0.15, -0.1) is 0 Å². The van der Waals surface area contributed by atoms with Crippen LogP contribution in [0.4, 0.5) is 5.82 Å². The molecule has 1 heterocycles. The molecule has 1 atom stereocenters. The Kier molecular flexibility index (Phi) is 5.79. The zero-order valence-electron chi connectivity index (χ0n) is 16.7. The third-order valence-corrected chi connectivity index (χ3v) is 4.38. The van der Waals surface area contributed by atoms with E-state index in [4.69, 9.17) is 4.74 Å². The quantitative estimate of drug-likeness (QED) is 0.871. The van der Waals surface area contributed by atoms with Crippen LogP contribution >= 0.6 is 0 Å². The SMILES string of the molecule is CC(COc1ccc(C(C)(C)C)cc1)Nc1c(C#N)c(=O)n(C)c(=O)n1C. The predicted octanol–water partition coefficient (Wildman–Crippen LogP) is 2.13. The molecule has 1 aromatic heterocycles. The van der Waals surface area contributed by atoms with Crippen molar-refractivity contribution in [3.05, 3.63) is 56.2 Å². The summed E-state index contributed by atoms with van der Waals surface area (Å²) >= 11 is 0. The average Bonchev–Trinajstić information content (AvgIpc) is 2.62. The molecule has 0 aliphatic heterocycles. The minimum absolute atomic E-state index is 0.0748. The van der Waals surface area contributed by atoms with Crippen LogP contribution in [0.3, 0.4) is 0 Å². The molecule has 2 rings (SSSR count). The third-order valence-electron chi connectivity index (χ3n) is 4.38. The highest BCUT2D eigenvalue weighted by molar-refractivity contribution is 5.51. The third kappa shape index (κ3) is 4.40. The van der Waals surface area contributed by atoms with Crippen molar-refractivity contribution in [2.75, 3.05) is 11.9 Å². The Morgan fingerprint density at radius 3 is 2.26 bits per heavy atom. The zero-order valence-corrected chi connectivity index (χ0v) is 16.7. The Bertz CT molecular complexity index is 973. The van der Waals surface area contributed by atoms with Crippen LogP contribution in [0.5, 0.6) is 5.75 Å². The maximum atomic E-state index is 12.1. The lowest BCUT2D eigenvalue weighted by atomic mass is 9.87. The molecule has 0 aliphatic rings. The minimum Gasteiger partial charge on any atom is -0.491 e. The maximum absolute atomic E-state index is 12.1. The summed E-state index contributed by atoms with van der Waals surface area (Å²) in [7, 11) is 2.87. The summed E-state index contributed by atoms with van der Waals surface area (Å²) in [6.45, 7) is 8.61. The second kappa shape index (κ2) is 7.70. The molecule has 1 aromatic carbocycles. The van der Waals surface area contributed by atoms with Crippen LogP contribution in [-0.2, 0) is 19.5 Å². The van der Waals surface area contributed by atoms with Crippen molar-refractivity contribution >= 4 is 5.82 Å². The lowest BCUT2D eigenvalue weighted by Gasteiger charge is -2.21. The number of benzene rings is 1. The van der Waals surface area contributed by atoms with Gasteiger partial charge in [0, 0.05) is 14.1 Å². The molecule has 0 saturated carbocycles. The van der Waals surface area contributed by atoms with E-state index in [1.807, 2.05) is 37.3 Å². The Balaban J connectivity index is 2.13. The van der Waals surface area contributed by atoms with E-state index in [0.717, 1.165) is 10.3 Å². The van der Waals surface area contributed by atoms with Crippen LogP contribution in [0.15, 0.2) is 33.9 Å². The summed E-state index contributed by atoms with van der Waals surface area (Å²) in [5.74, 6) is 0.930. The van der Waals surface area contributed by atoms with Crippen LogP contribution in [0.2, 0.25) is 0 Å². The van der Waals surface area contributed by atoms with E-state index in [-0.39, 0.29) is 22.8 Å². The van der Waals surface area contributed by atoms with Gasteiger partial charge in [0.05, 0.1) is 6.04 Å². The van der Waals surface area contributed by atoms with Gasteiger partial charge in [-0.1, -0.05) is 32.9 Å². The summed E-state index contributed by atoms with van der Waals surface area (Å²) in [6.07, 6.45) is 0. The summed E-state index contributed by atoms with van der Waals surface area (Å²) in [4.78, 5) is 24.2. The molecule has 7 heteroatoms. The predicted molar refractivity (Wildman–Crippen MR) is 105 cm³/mol. The van der Waals surface area contributed by atoms with Crippen molar-refractivity contribution in [2.24, 2.45) is 14.1 Å². The molecule has 7 nitrogen and oxygen atoms in total. The number of aromatic nitrogens is 2. The summed E-state index contributed by atoms with van der Waals surface area (Å²) < 4.78 is 7.97. The average molecular weight is 370 g/mol. The monoisotopic (exact) mass is 370 g/mol. The first-order valence-corrected chi connectivity index (χ1v) is 8.76. The number of anilines is 1. The molecule has 0 aliphatic carbocycles. The molecule has 144 valence electrons. The van der Waals surface area contributed by atoms with Crippen molar-refractivity contribution < 1.29 is 4.74 Å². The number of hydrogen-bond acceptors (Lipinski definition) is 5. The smallest absolute Gasteiger partial charge is 0.332 e. The van der Waals surface area contributed by atoms with Crippen molar-refractivity contribution in [1.82, 2.24) is 9.13 Å². The Labute approximate surface area is 158 Å². The van der Waals surface area contributed by atoms with E-state index in [1.165, 1.54) is 24.2 Å². The Morgan fingerprint density at radius 2 is 1.74 bits per heavy atom. The van der Waals surface area contributed by atoms with E-state index in [2.05, 4.69) is 26.1 Å². The van der Waals surface area contributed by atoms with Crippen LogP contribution in [0, 0.1) is 11.3 Å². The van der Waals surface area contributed by atoms with Crippen molar-refractivity contribution in [3.63, 3.8) is 0 Å². The zero-order chi connectivity index (χ0) is 20.4. The fourth-order valence-corrected chi connectivity index (χ4v) is 2.66. The van der Waals surface area contributed by atoms with Gasteiger partial charge in [0.2, 0.25) is 0 Å². The van der Waals surface area contributed by atoms with Gasteiger partial charge in [0.15, 0.2) is 5.56 Å². The van der Waals surface area contributed by atoms with Crippen molar-refractivity contribution in [2.45, 2.75) is 39.2 Å². The number of ether oxygens (including phenoxy) is 1. The summed E-state index contributed by atoms with van der Waals surface area (Å²) in [5.41, 5.74) is 0.0860. The standard InChI is InChI=1S/C20H26N4O3/c1-13(12-27-15-9-7-14(8-10-15)20(2,3)4)22-17-16(11-21)18(25)24(6)19(26)23(17)5/h7-10,13,22H,12H2,1-6H3. The van der Waals surface area contributed by atoms with Gasteiger partial charge in [-0.05, 0) is 30.0 Å². The number of nitrogens with zero attached hydrogens (tertiary/aromatic N) is 3. The first kappa shape index (κ1) is 20.3. The molecule has 0 radical (unpaired) electrons. The second-order valence-corrected chi connectivity index (χ2v) is 7.67. The molecular weight excluding hydrogens is 344 g/mol. The molecule has 27 heavy (non-hydrogen) atoms. The minimum atomic E-state index is -0.617. The lowest BCUT2D eigenvalue weighted by Crippen LogP contribution is -2.41. The fraction of sp³-hybridized carbons (Fsp3) is 0.450.